The molecule has 0 aromatic carbocycles. The van der Waals surface area contributed by atoms with Gasteiger partial charge in [-0.15, -0.1) is 12.3 Å². The van der Waals surface area contributed by atoms with Crippen LogP contribution in [0.3, 0.4) is 0 Å². The van der Waals surface area contributed by atoms with E-state index in [1.54, 1.807) is 0 Å². The summed E-state index contributed by atoms with van der Waals surface area (Å²) in [7, 11) is 0. The van der Waals surface area contributed by atoms with Crippen molar-refractivity contribution in [3.8, 4) is 12.3 Å². The maximum absolute atomic E-state index is 8.59. The summed E-state index contributed by atoms with van der Waals surface area (Å²) in [5, 5.41) is 8.59. The third kappa shape index (κ3) is 3.31. The van der Waals surface area contributed by atoms with Crippen molar-refractivity contribution in [2.75, 3.05) is 6.54 Å². The first-order chi connectivity index (χ1) is 3.31. The number of nitrogens with two attached hydrogens (primary N) is 1. The lowest BCUT2D eigenvalue weighted by atomic mass is 10.3. The van der Waals surface area contributed by atoms with Crippen molar-refractivity contribution in [2.24, 2.45) is 5.73 Å². The fourth-order valence-electron chi connectivity index (χ4n) is 0.219. The average molecular weight is 99.1 g/mol. The quantitative estimate of drug-likeness (QED) is 0.451. The van der Waals surface area contributed by atoms with Gasteiger partial charge in [-0.1, -0.05) is 0 Å². The minimum Gasteiger partial charge on any atom is -0.391 e. The topological polar surface area (TPSA) is 46.2 Å². The van der Waals surface area contributed by atoms with Crippen LogP contribution in [-0.2, 0) is 0 Å². The highest BCUT2D eigenvalue weighted by Crippen LogP contribution is 1.82. The van der Waals surface area contributed by atoms with Crippen molar-refractivity contribution in [3.63, 3.8) is 0 Å². The van der Waals surface area contributed by atoms with Crippen LogP contribution in [0.25, 0.3) is 0 Å². The standard InChI is InChI=1S/C5H9NO/c1-2-3-5(7)4-6/h1,5,7H,3-4,6H2/t5-/m0/s1. The maximum Gasteiger partial charge on any atom is 0.0771 e. The molecule has 40 valence electrons. The van der Waals surface area contributed by atoms with Gasteiger partial charge in [-0.2, -0.15) is 0 Å². The maximum atomic E-state index is 8.59. The number of aliphatic hydroxyl groups excluding tert-OH is 1. The Bertz CT molecular complexity index is 74.6. The molecule has 0 unspecified atom stereocenters. The van der Waals surface area contributed by atoms with E-state index in [1.165, 1.54) is 0 Å². The molecule has 0 heterocycles. The van der Waals surface area contributed by atoms with E-state index < -0.39 is 6.10 Å². The van der Waals surface area contributed by atoms with Gasteiger partial charge in [0.15, 0.2) is 0 Å². The summed E-state index contributed by atoms with van der Waals surface area (Å²) in [5.41, 5.74) is 5.01. The highest BCUT2D eigenvalue weighted by atomic mass is 16.3. The SMILES string of the molecule is C#CC[C@H](O)CN. The number of hydrogen-bond donors (Lipinski definition) is 2. The minimum atomic E-state index is -0.509. The summed E-state index contributed by atoms with van der Waals surface area (Å²) in [5.74, 6) is 2.29. The van der Waals surface area contributed by atoms with Crippen LogP contribution in [0.1, 0.15) is 6.42 Å². The number of hydrogen-bond acceptors (Lipinski definition) is 2. The Kier molecular flexibility index (Phi) is 3.39. The molecular formula is C5H9NO. The zero-order valence-electron chi connectivity index (χ0n) is 4.09. The van der Waals surface area contributed by atoms with Crippen molar-refractivity contribution in [2.45, 2.75) is 12.5 Å². The Morgan fingerprint density at radius 1 is 1.86 bits per heavy atom. The van der Waals surface area contributed by atoms with Crippen LogP contribution in [0.5, 0.6) is 0 Å². The molecule has 1 atom stereocenters. The average Bonchev–Trinajstić information content (AvgIpc) is 1.68. The minimum absolute atomic E-state index is 0.254. The fraction of sp³-hybridized carbons (Fsp3) is 0.600. The van der Waals surface area contributed by atoms with Gasteiger partial charge in [0.2, 0.25) is 0 Å². The molecule has 0 radical (unpaired) electrons. The highest BCUT2D eigenvalue weighted by Gasteiger charge is 1.93. The van der Waals surface area contributed by atoms with Gasteiger partial charge >= 0.3 is 0 Å². The third-order valence-electron chi connectivity index (χ3n) is 0.626. The van der Waals surface area contributed by atoms with Crippen LogP contribution in [0, 0.1) is 12.3 Å². The van der Waals surface area contributed by atoms with Gasteiger partial charge in [0.1, 0.15) is 0 Å². The van der Waals surface area contributed by atoms with Crippen molar-refractivity contribution in [3.05, 3.63) is 0 Å². The first kappa shape index (κ1) is 6.48. The smallest absolute Gasteiger partial charge is 0.0771 e. The molecule has 7 heavy (non-hydrogen) atoms. The van der Waals surface area contributed by atoms with Crippen molar-refractivity contribution >= 4 is 0 Å². The van der Waals surface area contributed by atoms with Crippen molar-refractivity contribution < 1.29 is 5.11 Å². The van der Waals surface area contributed by atoms with Gasteiger partial charge in [-0.25, -0.2) is 0 Å². The second-order valence-electron chi connectivity index (χ2n) is 1.30. The highest BCUT2D eigenvalue weighted by molar-refractivity contribution is 4.86. The summed E-state index contributed by atoms with van der Waals surface area (Å²) in [6.45, 7) is 0.254. The Morgan fingerprint density at radius 3 is 2.57 bits per heavy atom. The molecule has 0 fully saturated rings. The molecule has 0 aliphatic heterocycles. The third-order valence-corrected chi connectivity index (χ3v) is 0.626. The monoisotopic (exact) mass is 99.1 g/mol. The molecule has 0 rings (SSSR count). The molecule has 0 aromatic heterocycles. The van der Waals surface area contributed by atoms with Crippen LogP contribution in [-0.4, -0.2) is 17.8 Å². The summed E-state index contributed by atoms with van der Waals surface area (Å²) in [6, 6.07) is 0. The first-order valence-corrected chi connectivity index (χ1v) is 2.13. The molecule has 0 spiro atoms. The van der Waals surface area contributed by atoms with Gasteiger partial charge in [-0.05, 0) is 0 Å². The lowest BCUT2D eigenvalue weighted by molar-refractivity contribution is 0.189. The molecular weight excluding hydrogens is 90.1 g/mol. The molecule has 2 heteroatoms. The second-order valence-corrected chi connectivity index (χ2v) is 1.30. The van der Waals surface area contributed by atoms with E-state index in [9.17, 15) is 0 Å². The van der Waals surface area contributed by atoms with Gasteiger partial charge in [-0.3, -0.25) is 0 Å². The molecule has 0 bridgehead atoms. The molecule has 0 amide bonds. The number of terminal acetylenes is 1. The van der Waals surface area contributed by atoms with Gasteiger partial charge in [0.25, 0.3) is 0 Å². The van der Waals surface area contributed by atoms with Gasteiger partial charge in [0, 0.05) is 13.0 Å². The Morgan fingerprint density at radius 2 is 2.43 bits per heavy atom. The van der Waals surface area contributed by atoms with Crippen molar-refractivity contribution in [1.82, 2.24) is 0 Å². The van der Waals surface area contributed by atoms with Crippen LogP contribution in [0.15, 0.2) is 0 Å². The Labute approximate surface area is 43.3 Å². The largest absolute Gasteiger partial charge is 0.391 e. The molecule has 3 N–H and O–H groups in total. The Balaban J connectivity index is 3.03. The van der Waals surface area contributed by atoms with Crippen LogP contribution < -0.4 is 5.73 Å². The first-order valence-electron chi connectivity index (χ1n) is 2.13. The molecule has 0 aliphatic rings. The van der Waals surface area contributed by atoms with Crippen molar-refractivity contribution in [1.29, 1.82) is 0 Å². The number of rotatable bonds is 2. The normalized spacial score (nSPS) is 12.7. The summed E-state index contributed by atoms with van der Waals surface area (Å²) < 4.78 is 0. The van der Waals surface area contributed by atoms with E-state index in [0.717, 1.165) is 0 Å². The lowest BCUT2D eigenvalue weighted by Crippen LogP contribution is -2.18. The Hall–Kier alpha value is -0.520. The van der Waals surface area contributed by atoms with Crippen LogP contribution >= 0.6 is 0 Å². The van der Waals surface area contributed by atoms with E-state index in [4.69, 9.17) is 17.3 Å². The molecule has 0 aliphatic carbocycles. The number of aliphatic hydroxyl groups is 1. The predicted octanol–water partition coefficient (Wildman–Crippen LogP) is -0.671. The summed E-state index contributed by atoms with van der Waals surface area (Å²) in [6.07, 6.45) is 4.69. The van der Waals surface area contributed by atoms with E-state index in [-0.39, 0.29) is 6.54 Å². The predicted molar refractivity (Wildman–Crippen MR) is 28.5 cm³/mol. The van der Waals surface area contributed by atoms with Crippen LogP contribution in [0.2, 0.25) is 0 Å². The molecule has 0 saturated carbocycles. The second kappa shape index (κ2) is 3.66. The van der Waals surface area contributed by atoms with E-state index >= 15 is 0 Å². The zero-order chi connectivity index (χ0) is 5.70. The molecule has 0 aromatic rings. The van der Waals surface area contributed by atoms with E-state index in [0.29, 0.717) is 6.42 Å². The van der Waals surface area contributed by atoms with Gasteiger partial charge in [0.05, 0.1) is 6.10 Å². The van der Waals surface area contributed by atoms with E-state index in [1.807, 2.05) is 0 Å². The van der Waals surface area contributed by atoms with Crippen LogP contribution in [0.4, 0.5) is 0 Å². The molecule has 0 saturated heterocycles. The summed E-state index contributed by atoms with van der Waals surface area (Å²) >= 11 is 0. The lowest BCUT2D eigenvalue weighted by Gasteiger charge is -1.98. The summed E-state index contributed by atoms with van der Waals surface area (Å²) in [4.78, 5) is 0. The van der Waals surface area contributed by atoms with Gasteiger partial charge < -0.3 is 10.8 Å². The fourth-order valence-corrected chi connectivity index (χ4v) is 0.219. The zero-order valence-corrected chi connectivity index (χ0v) is 4.09. The van der Waals surface area contributed by atoms with E-state index in [2.05, 4.69) is 5.92 Å². The molecule has 2 nitrogen and oxygen atoms in total.